The fraction of sp³-hybridized carbons (Fsp3) is 0.250. The summed E-state index contributed by atoms with van der Waals surface area (Å²) < 4.78 is 34.5. The van der Waals surface area contributed by atoms with Crippen LogP contribution in [-0.2, 0) is 23.1 Å². The SMILES string of the molecule is O=S(=O)([O-])c1ccc(CCCCn2nnc3ccccc32)cc1.[Na+]. The van der Waals surface area contributed by atoms with Gasteiger partial charge in [-0.25, -0.2) is 13.1 Å². The maximum atomic E-state index is 10.9. The summed E-state index contributed by atoms with van der Waals surface area (Å²) in [4.78, 5) is -0.185. The van der Waals surface area contributed by atoms with Crippen LogP contribution in [0.5, 0.6) is 0 Å². The predicted octanol–water partition coefficient (Wildman–Crippen LogP) is -0.638. The fourth-order valence-electron chi connectivity index (χ4n) is 2.50. The maximum Gasteiger partial charge on any atom is 1.00 e. The fourth-order valence-corrected chi connectivity index (χ4v) is 2.97. The zero-order valence-corrected chi connectivity index (χ0v) is 16.2. The van der Waals surface area contributed by atoms with Crippen molar-refractivity contribution >= 4 is 21.2 Å². The molecule has 0 aliphatic carbocycles. The molecule has 0 unspecified atom stereocenters. The first-order valence-electron chi connectivity index (χ1n) is 7.37. The molecule has 0 spiro atoms. The molecular formula is C16H16N3NaO3S. The molecule has 6 nitrogen and oxygen atoms in total. The van der Waals surface area contributed by atoms with Gasteiger partial charge < -0.3 is 4.55 Å². The zero-order valence-electron chi connectivity index (χ0n) is 13.4. The van der Waals surface area contributed by atoms with E-state index in [0.29, 0.717) is 0 Å². The van der Waals surface area contributed by atoms with Gasteiger partial charge in [0.25, 0.3) is 0 Å². The predicted molar refractivity (Wildman–Crippen MR) is 84.9 cm³/mol. The second-order valence-corrected chi connectivity index (χ2v) is 6.74. The van der Waals surface area contributed by atoms with Crippen LogP contribution in [0.4, 0.5) is 0 Å². The first kappa shape index (κ1) is 19.1. The van der Waals surface area contributed by atoms with Gasteiger partial charge in [-0.15, -0.1) is 5.10 Å². The summed E-state index contributed by atoms with van der Waals surface area (Å²) in [5, 5.41) is 8.26. The molecule has 0 bridgehead atoms. The molecule has 0 aliphatic rings. The first-order chi connectivity index (χ1) is 11.0. The van der Waals surface area contributed by atoms with Crippen molar-refractivity contribution in [1.29, 1.82) is 0 Å². The Balaban J connectivity index is 0.00000208. The number of unbranched alkanes of at least 4 members (excludes halogenated alkanes) is 1. The third-order valence-electron chi connectivity index (χ3n) is 3.72. The Morgan fingerprint density at radius 1 is 1.00 bits per heavy atom. The molecule has 3 aromatic rings. The minimum absolute atomic E-state index is 0. The van der Waals surface area contributed by atoms with Crippen molar-refractivity contribution < 1.29 is 42.5 Å². The molecule has 24 heavy (non-hydrogen) atoms. The molecule has 2 aromatic carbocycles. The van der Waals surface area contributed by atoms with Gasteiger partial charge in [0.1, 0.15) is 15.6 Å². The van der Waals surface area contributed by atoms with E-state index < -0.39 is 10.1 Å². The number of aromatic nitrogens is 3. The molecule has 3 rings (SSSR count). The second-order valence-electron chi connectivity index (χ2n) is 5.36. The van der Waals surface area contributed by atoms with Crippen LogP contribution in [0.1, 0.15) is 18.4 Å². The van der Waals surface area contributed by atoms with Gasteiger partial charge in [-0.1, -0.05) is 29.5 Å². The summed E-state index contributed by atoms with van der Waals surface area (Å²) in [6.07, 6.45) is 2.71. The molecule has 0 aliphatic heterocycles. The number of hydrogen-bond acceptors (Lipinski definition) is 5. The van der Waals surface area contributed by atoms with E-state index >= 15 is 0 Å². The Morgan fingerprint density at radius 3 is 2.42 bits per heavy atom. The van der Waals surface area contributed by atoms with Crippen molar-refractivity contribution in [3.8, 4) is 0 Å². The van der Waals surface area contributed by atoms with E-state index in [1.54, 1.807) is 12.1 Å². The minimum atomic E-state index is -4.36. The van der Waals surface area contributed by atoms with Gasteiger partial charge in [0, 0.05) is 6.54 Å². The quantitative estimate of drug-likeness (QED) is 0.334. The Labute approximate surface area is 162 Å². The number of fused-ring (bicyclic) bond motifs is 1. The van der Waals surface area contributed by atoms with E-state index in [1.165, 1.54) is 12.1 Å². The van der Waals surface area contributed by atoms with Crippen molar-refractivity contribution in [1.82, 2.24) is 15.0 Å². The first-order valence-corrected chi connectivity index (χ1v) is 8.78. The topological polar surface area (TPSA) is 87.9 Å². The molecular weight excluding hydrogens is 337 g/mol. The molecule has 0 saturated heterocycles. The normalized spacial score (nSPS) is 11.4. The van der Waals surface area contributed by atoms with Crippen molar-refractivity contribution in [2.45, 2.75) is 30.7 Å². The van der Waals surface area contributed by atoms with Gasteiger partial charge in [-0.3, -0.25) is 0 Å². The van der Waals surface area contributed by atoms with Crippen molar-refractivity contribution in [2.24, 2.45) is 0 Å². The molecule has 0 N–H and O–H groups in total. The van der Waals surface area contributed by atoms with E-state index in [9.17, 15) is 13.0 Å². The minimum Gasteiger partial charge on any atom is -0.744 e. The van der Waals surface area contributed by atoms with Crippen LogP contribution < -0.4 is 29.6 Å². The van der Waals surface area contributed by atoms with E-state index in [-0.39, 0.29) is 34.5 Å². The smallest absolute Gasteiger partial charge is 0.744 e. The molecule has 120 valence electrons. The van der Waals surface area contributed by atoms with Gasteiger partial charge in [0.2, 0.25) is 0 Å². The Morgan fingerprint density at radius 2 is 1.71 bits per heavy atom. The van der Waals surface area contributed by atoms with E-state index in [4.69, 9.17) is 0 Å². The summed E-state index contributed by atoms with van der Waals surface area (Å²) in [5.41, 5.74) is 2.93. The third kappa shape index (κ3) is 4.64. The Bertz CT molecular complexity index is 908. The van der Waals surface area contributed by atoms with Gasteiger partial charge >= 0.3 is 29.6 Å². The molecule has 0 saturated carbocycles. The summed E-state index contributed by atoms with van der Waals surface area (Å²) >= 11 is 0. The number of hydrogen-bond donors (Lipinski definition) is 0. The molecule has 1 aromatic heterocycles. The Hall–Kier alpha value is -1.25. The Kier molecular flexibility index (Phi) is 6.54. The van der Waals surface area contributed by atoms with Crippen LogP contribution in [0.3, 0.4) is 0 Å². The average Bonchev–Trinajstić information content (AvgIpc) is 2.94. The average molecular weight is 353 g/mol. The number of para-hydroxylation sites is 1. The van der Waals surface area contributed by atoms with Gasteiger partial charge in [0.05, 0.1) is 10.4 Å². The van der Waals surface area contributed by atoms with Crippen molar-refractivity contribution in [3.05, 3.63) is 54.1 Å². The summed E-state index contributed by atoms with van der Waals surface area (Å²) in [6.45, 7) is 0.785. The van der Waals surface area contributed by atoms with Crippen LogP contribution >= 0.6 is 0 Å². The van der Waals surface area contributed by atoms with Gasteiger partial charge in [-0.2, -0.15) is 0 Å². The number of rotatable bonds is 6. The molecule has 0 amide bonds. The maximum absolute atomic E-state index is 10.9. The van der Waals surface area contributed by atoms with Gasteiger partial charge in [0.15, 0.2) is 0 Å². The second kappa shape index (κ2) is 8.22. The van der Waals surface area contributed by atoms with Crippen LogP contribution in [0.15, 0.2) is 53.4 Å². The molecule has 0 radical (unpaired) electrons. The molecule has 0 fully saturated rings. The number of benzene rings is 2. The molecule has 1 heterocycles. The summed E-state index contributed by atoms with van der Waals surface area (Å²) in [7, 11) is -4.36. The third-order valence-corrected chi connectivity index (χ3v) is 4.57. The zero-order chi connectivity index (χ0) is 16.3. The van der Waals surface area contributed by atoms with E-state index in [0.717, 1.165) is 42.4 Å². The van der Waals surface area contributed by atoms with Crippen LogP contribution in [-0.4, -0.2) is 28.0 Å². The number of aryl methyl sites for hydroxylation is 2. The monoisotopic (exact) mass is 353 g/mol. The standard InChI is InChI=1S/C16H17N3O3S.Na/c20-23(21,22)14-10-8-13(9-11-14)5-3-4-12-19-16-7-2-1-6-15(16)17-18-19;/h1-2,6-11H,3-5,12H2,(H,20,21,22);/q;+1/p-1. The van der Waals surface area contributed by atoms with E-state index in [1.807, 2.05) is 28.9 Å². The van der Waals surface area contributed by atoms with Crippen LogP contribution in [0.2, 0.25) is 0 Å². The molecule has 0 atom stereocenters. The number of nitrogens with zero attached hydrogens (tertiary/aromatic N) is 3. The summed E-state index contributed by atoms with van der Waals surface area (Å²) in [5.74, 6) is 0. The van der Waals surface area contributed by atoms with Crippen molar-refractivity contribution in [3.63, 3.8) is 0 Å². The van der Waals surface area contributed by atoms with Crippen LogP contribution in [0, 0.1) is 0 Å². The van der Waals surface area contributed by atoms with Gasteiger partial charge in [-0.05, 0) is 49.1 Å². The molecule has 8 heteroatoms. The van der Waals surface area contributed by atoms with E-state index in [2.05, 4.69) is 10.3 Å². The summed E-state index contributed by atoms with van der Waals surface area (Å²) in [6, 6.07) is 13.9. The van der Waals surface area contributed by atoms with Crippen LogP contribution in [0.25, 0.3) is 11.0 Å². The van der Waals surface area contributed by atoms with Crippen molar-refractivity contribution in [2.75, 3.05) is 0 Å². The largest absolute Gasteiger partial charge is 1.00 e.